The van der Waals surface area contributed by atoms with Gasteiger partial charge in [0, 0.05) is 5.56 Å². The second kappa shape index (κ2) is 15.2. The van der Waals surface area contributed by atoms with Gasteiger partial charge in [-0.05, 0) is 53.1 Å². The van der Waals surface area contributed by atoms with Crippen molar-refractivity contribution in [2.24, 2.45) is 0 Å². The minimum absolute atomic E-state index is 0.0194. The Morgan fingerprint density at radius 1 is 0.815 bits per heavy atom. The van der Waals surface area contributed by atoms with Crippen LogP contribution in [0.4, 0.5) is 19.0 Å². The van der Waals surface area contributed by atoms with Crippen LogP contribution in [-0.4, -0.2) is 76.0 Å². The molecule has 3 heterocycles. The van der Waals surface area contributed by atoms with Gasteiger partial charge in [-0.15, -0.1) is 13.2 Å². The zero-order chi connectivity index (χ0) is 37.9. The number of aromatic nitrogens is 4. The lowest BCUT2D eigenvalue weighted by Crippen LogP contribution is -2.41. The number of nitrogens with one attached hydrogen (secondary N) is 1. The lowest BCUT2D eigenvalue weighted by Gasteiger charge is -2.37. The number of imidazole rings is 1. The number of benzene rings is 4. The van der Waals surface area contributed by atoms with Crippen LogP contribution in [0, 0.1) is 0 Å². The standard InChI is InChI=1S/C39H34F3N5O7/c1-50-28-17-13-26(14-18-28)38(25-11-7-4-8-12-25,27-15-19-29(51-2)20-16-27)52-21-30-32(48)33(54-39(40,41)42)37(53-30)47-23-45-31-34(43-22-44-35(31)47)46-36(49)24-9-5-3-6-10-24/h3-20,22-23,30,32-33,37,48H,21H2,1-2H3,(H,43,44,46,49)/t30-,32-,33-,37-/m1/s1. The molecule has 0 saturated carbocycles. The van der Waals surface area contributed by atoms with Crippen molar-refractivity contribution in [3.63, 3.8) is 0 Å². The molecule has 0 bridgehead atoms. The van der Waals surface area contributed by atoms with Crippen molar-refractivity contribution in [1.82, 2.24) is 19.5 Å². The van der Waals surface area contributed by atoms with Crippen LogP contribution in [0.1, 0.15) is 33.3 Å². The molecule has 1 aliphatic heterocycles. The first-order chi connectivity index (χ1) is 26.1. The van der Waals surface area contributed by atoms with E-state index in [-0.39, 0.29) is 17.0 Å². The van der Waals surface area contributed by atoms with Crippen LogP contribution in [0.2, 0.25) is 0 Å². The molecule has 2 aromatic heterocycles. The third kappa shape index (κ3) is 7.21. The quantitative estimate of drug-likeness (QED) is 0.138. The third-order valence-electron chi connectivity index (χ3n) is 9.12. The van der Waals surface area contributed by atoms with E-state index in [0.717, 1.165) is 6.33 Å². The summed E-state index contributed by atoms with van der Waals surface area (Å²) in [6.07, 6.45) is -9.57. The van der Waals surface area contributed by atoms with E-state index < -0.39 is 49.0 Å². The van der Waals surface area contributed by atoms with Crippen LogP contribution >= 0.6 is 0 Å². The minimum Gasteiger partial charge on any atom is -0.497 e. The summed E-state index contributed by atoms with van der Waals surface area (Å²) in [6.45, 7) is -0.400. The zero-order valence-electron chi connectivity index (χ0n) is 28.9. The molecule has 2 N–H and O–H groups in total. The molecule has 0 aliphatic carbocycles. The van der Waals surface area contributed by atoms with Crippen LogP contribution in [0.15, 0.2) is 122 Å². The third-order valence-corrected chi connectivity index (χ3v) is 9.12. The van der Waals surface area contributed by atoms with E-state index >= 15 is 0 Å². The highest BCUT2D eigenvalue weighted by molar-refractivity contribution is 6.06. The van der Waals surface area contributed by atoms with E-state index in [4.69, 9.17) is 18.9 Å². The molecule has 4 atom stereocenters. The number of amides is 1. The van der Waals surface area contributed by atoms with Crippen molar-refractivity contribution in [2.45, 2.75) is 36.5 Å². The second-order valence-corrected chi connectivity index (χ2v) is 12.3. The highest BCUT2D eigenvalue weighted by atomic mass is 19.4. The SMILES string of the molecule is COc1ccc(C(OC[C@H]2O[C@@H](n3cnc4c(NC(=O)c5ccccc5)ncnc43)[C@H](OC(F)(F)F)[C@@H]2O)(c2ccccc2)c2ccc(OC)cc2)cc1. The Morgan fingerprint density at radius 2 is 1.39 bits per heavy atom. The topological polar surface area (TPSA) is 139 Å². The van der Waals surface area contributed by atoms with E-state index in [1.54, 1.807) is 68.8 Å². The molecule has 1 amide bonds. The normalized spacial score (nSPS) is 18.8. The lowest BCUT2D eigenvalue weighted by atomic mass is 9.80. The Morgan fingerprint density at radius 3 is 1.96 bits per heavy atom. The predicted molar refractivity (Wildman–Crippen MR) is 189 cm³/mol. The van der Waals surface area contributed by atoms with Gasteiger partial charge in [-0.1, -0.05) is 72.8 Å². The molecular weight excluding hydrogens is 707 g/mol. The molecule has 0 unspecified atom stereocenters. The predicted octanol–water partition coefficient (Wildman–Crippen LogP) is 6.27. The molecule has 4 aromatic carbocycles. The lowest BCUT2D eigenvalue weighted by molar-refractivity contribution is -0.355. The highest BCUT2D eigenvalue weighted by Gasteiger charge is 2.52. The molecule has 7 rings (SSSR count). The maximum Gasteiger partial charge on any atom is 0.523 e. The van der Waals surface area contributed by atoms with E-state index in [9.17, 15) is 23.1 Å². The second-order valence-electron chi connectivity index (χ2n) is 12.3. The van der Waals surface area contributed by atoms with Gasteiger partial charge in [-0.3, -0.25) is 14.1 Å². The summed E-state index contributed by atoms with van der Waals surface area (Å²) in [4.78, 5) is 25.6. The molecule has 6 aromatic rings. The van der Waals surface area contributed by atoms with Gasteiger partial charge in [0.2, 0.25) is 0 Å². The zero-order valence-corrected chi connectivity index (χ0v) is 28.9. The number of ether oxygens (including phenoxy) is 5. The molecule has 1 aliphatic rings. The first kappa shape index (κ1) is 36.5. The number of hydrogen-bond acceptors (Lipinski definition) is 10. The average Bonchev–Trinajstić information content (AvgIpc) is 3.76. The van der Waals surface area contributed by atoms with E-state index in [2.05, 4.69) is 25.0 Å². The smallest absolute Gasteiger partial charge is 0.497 e. The molecule has 0 spiro atoms. The van der Waals surface area contributed by atoms with Crippen molar-refractivity contribution < 1.29 is 46.8 Å². The van der Waals surface area contributed by atoms with Gasteiger partial charge in [-0.25, -0.2) is 15.0 Å². The van der Waals surface area contributed by atoms with E-state index in [0.29, 0.717) is 33.8 Å². The van der Waals surface area contributed by atoms with Crippen molar-refractivity contribution in [1.29, 1.82) is 0 Å². The summed E-state index contributed by atoms with van der Waals surface area (Å²) in [7, 11) is 3.09. The monoisotopic (exact) mass is 741 g/mol. The number of alkyl halides is 3. The number of anilines is 1. The summed E-state index contributed by atoms with van der Waals surface area (Å²) >= 11 is 0. The largest absolute Gasteiger partial charge is 0.523 e. The fourth-order valence-electron chi connectivity index (χ4n) is 6.54. The molecule has 278 valence electrons. The van der Waals surface area contributed by atoms with Crippen molar-refractivity contribution in [3.05, 3.63) is 144 Å². The molecular formula is C39H34F3N5O7. The van der Waals surface area contributed by atoms with Crippen molar-refractivity contribution >= 4 is 22.9 Å². The van der Waals surface area contributed by atoms with Crippen LogP contribution in [0.3, 0.4) is 0 Å². The number of rotatable bonds is 12. The molecule has 0 radical (unpaired) electrons. The van der Waals surface area contributed by atoms with Crippen LogP contribution < -0.4 is 14.8 Å². The van der Waals surface area contributed by atoms with Gasteiger partial charge in [0.05, 0.1) is 27.2 Å². The van der Waals surface area contributed by atoms with Crippen molar-refractivity contribution in [2.75, 3.05) is 26.1 Å². The van der Waals surface area contributed by atoms with Gasteiger partial charge < -0.3 is 29.4 Å². The number of aliphatic hydroxyl groups is 1. The van der Waals surface area contributed by atoms with Gasteiger partial charge in [0.25, 0.3) is 5.91 Å². The number of carbonyl (C=O) groups excluding carboxylic acids is 1. The van der Waals surface area contributed by atoms with Crippen molar-refractivity contribution in [3.8, 4) is 11.5 Å². The Kier molecular flexibility index (Phi) is 10.3. The number of carbonyl (C=O) groups is 1. The number of methoxy groups -OCH3 is 2. The summed E-state index contributed by atoms with van der Waals surface area (Å²) < 4.78 is 71.3. The number of hydrogen-bond donors (Lipinski definition) is 2. The number of halogens is 3. The fraction of sp³-hybridized carbons (Fsp3) is 0.231. The molecule has 1 saturated heterocycles. The Bertz CT molecular complexity index is 2140. The first-order valence-electron chi connectivity index (χ1n) is 16.7. The van der Waals surface area contributed by atoms with Crippen LogP contribution in [0.5, 0.6) is 11.5 Å². The summed E-state index contributed by atoms with van der Waals surface area (Å²) in [5, 5.41) is 14.2. The van der Waals surface area contributed by atoms with Crippen LogP contribution in [-0.2, 0) is 19.8 Å². The number of nitrogens with zero attached hydrogens (tertiary/aromatic N) is 4. The van der Waals surface area contributed by atoms with Gasteiger partial charge >= 0.3 is 6.36 Å². The van der Waals surface area contributed by atoms with Gasteiger partial charge in [0.15, 0.2) is 23.2 Å². The van der Waals surface area contributed by atoms with Gasteiger partial charge in [-0.2, -0.15) is 0 Å². The van der Waals surface area contributed by atoms with Gasteiger partial charge in [0.1, 0.15) is 41.7 Å². The molecule has 1 fully saturated rings. The maximum atomic E-state index is 13.9. The number of aliphatic hydroxyl groups excluding tert-OH is 1. The maximum absolute atomic E-state index is 13.9. The first-order valence-corrected chi connectivity index (χ1v) is 16.7. The Balaban J connectivity index is 1.25. The molecule has 54 heavy (non-hydrogen) atoms. The minimum atomic E-state index is -5.15. The molecule has 12 nitrogen and oxygen atoms in total. The van der Waals surface area contributed by atoms with E-state index in [1.807, 2.05) is 54.6 Å². The Hall–Kier alpha value is -5.87. The summed E-state index contributed by atoms with van der Waals surface area (Å²) in [6, 6.07) is 32.0. The summed E-state index contributed by atoms with van der Waals surface area (Å²) in [5.74, 6) is 0.730. The van der Waals surface area contributed by atoms with Crippen LogP contribution in [0.25, 0.3) is 11.2 Å². The summed E-state index contributed by atoms with van der Waals surface area (Å²) in [5.41, 5.74) is 1.11. The number of fused-ring (bicyclic) bond motifs is 1. The Labute approximate surface area is 307 Å². The highest BCUT2D eigenvalue weighted by Crippen LogP contribution is 2.44. The van der Waals surface area contributed by atoms with E-state index in [1.165, 1.54) is 10.9 Å². The average molecular weight is 742 g/mol. The fourth-order valence-corrected chi connectivity index (χ4v) is 6.54. The molecule has 15 heteroatoms.